The molecule has 0 unspecified atom stereocenters. The van der Waals surface area contributed by atoms with Crippen molar-refractivity contribution in [1.29, 1.82) is 0 Å². The molecule has 0 saturated heterocycles. The van der Waals surface area contributed by atoms with Gasteiger partial charge in [0.15, 0.2) is 0 Å². The van der Waals surface area contributed by atoms with Crippen LogP contribution >= 0.6 is 0 Å². The van der Waals surface area contributed by atoms with Gasteiger partial charge in [0.05, 0.1) is 11.5 Å². The van der Waals surface area contributed by atoms with Crippen molar-refractivity contribution in [2.45, 2.75) is 12.7 Å². The maximum absolute atomic E-state index is 11.3. The van der Waals surface area contributed by atoms with Gasteiger partial charge in [-0.15, -0.1) is 0 Å². The molecule has 6 nitrogen and oxygen atoms in total. The summed E-state index contributed by atoms with van der Waals surface area (Å²) in [6, 6.07) is 5.68. The summed E-state index contributed by atoms with van der Waals surface area (Å²) < 4.78 is 27.2. The molecule has 0 aliphatic rings. The Bertz CT molecular complexity index is 482. The van der Waals surface area contributed by atoms with Gasteiger partial charge in [-0.05, 0) is 6.92 Å². The van der Waals surface area contributed by atoms with Gasteiger partial charge in [-0.2, -0.15) is 8.42 Å². The van der Waals surface area contributed by atoms with Crippen LogP contribution in [0.15, 0.2) is 24.3 Å². The van der Waals surface area contributed by atoms with Gasteiger partial charge in [0.1, 0.15) is 5.75 Å². The maximum atomic E-state index is 11.3. The molecule has 0 N–H and O–H groups in total. The van der Waals surface area contributed by atoms with Gasteiger partial charge >= 0.3 is 0 Å². The summed E-state index contributed by atoms with van der Waals surface area (Å²) in [6.07, 6.45) is 0. The lowest BCUT2D eigenvalue weighted by Crippen LogP contribution is -2.09. The Morgan fingerprint density at radius 2 is 2.00 bits per heavy atom. The van der Waals surface area contributed by atoms with Crippen molar-refractivity contribution in [3.05, 3.63) is 39.9 Å². The van der Waals surface area contributed by atoms with Gasteiger partial charge < -0.3 is 0 Å². The predicted octanol–water partition coefficient (Wildman–Crippen LogP) is 1.46. The highest BCUT2D eigenvalue weighted by Crippen LogP contribution is 2.20. The van der Waals surface area contributed by atoms with Crippen LogP contribution in [0.25, 0.3) is 0 Å². The van der Waals surface area contributed by atoms with Gasteiger partial charge in [-0.3, -0.25) is 14.3 Å². The first-order valence-corrected chi connectivity index (χ1v) is 6.13. The largest absolute Gasteiger partial charge is 0.273 e. The standard InChI is InChI=1S/C9H11NO5S/c1-2-15-16(13,14)7-8-5-3-4-6-9(8)10(11)12/h3-6H,2,7H2,1H3. The van der Waals surface area contributed by atoms with E-state index in [2.05, 4.69) is 4.18 Å². The van der Waals surface area contributed by atoms with Crippen molar-refractivity contribution in [2.75, 3.05) is 6.61 Å². The molecule has 88 valence electrons. The molecule has 0 amide bonds. The number of para-hydroxylation sites is 1. The van der Waals surface area contributed by atoms with E-state index in [1.54, 1.807) is 6.07 Å². The second kappa shape index (κ2) is 5.04. The van der Waals surface area contributed by atoms with E-state index in [1.165, 1.54) is 25.1 Å². The highest BCUT2D eigenvalue weighted by molar-refractivity contribution is 7.85. The molecule has 0 fully saturated rings. The van der Waals surface area contributed by atoms with E-state index >= 15 is 0 Å². The van der Waals surface area contributed by atoms with Crippen LogP contribution in [-0.2, 0) is 20.1 Å². The summed E-state index contributed by atoms with van der Waals surface area (Å²) in [5.41, 5.74) is -0.0910. The molecule has 0 aliphatic carbocycles. The first-order chi connectivity index (χ1) is 7.46. The lowest BCUT2D eigenvalue weighted by molar-refractivity contribution is -0.385. The summed E-state index contributed by atoms with van der Waals surface area (Å²) in [4.78, 5) is 10.0. The minimum absolute atomic E-state index is 0.0168. The molecule has 0 spiro atoms. The van der Waals surface area contributed by atoms with E-state index in [-0.39, 0.29) is 17.9 Å². The highest BCUT2D eigenvalue weighted by Gasteiger charge is 2.19. The number of nitro benzene ring substituents is 1. The zero-order valence-electron chi connectivity index (χ0n) is 8.62. The third-order valence-electron chi connectivity index (χ3n) is 1.82. The van der Waals surface area contributed by atoms with Crippen molar-refractivity contribution in [1.82, 2.24) is 0 Å². The van der Waals surface area contributed by atoms with E-state index in [0.717, 1.165) is 0 Å². The summed E-state index contributed by atoms with van der Waals surface area (Å²) in [5.74, 6) is -0.488. The van der Waals surface area contributed by atoms with Crippen LogP contribution in [0.4, 0.5) is 5.69 Å². The van der Waals surface area contributed by atoms with Crippen LogP contribution in [0.1, 0.15) is 12.5 Å². The lowest BCUT2D eigenvalue weighted by Gasteiger charge is -2.03. The van der Waals surface area contributed by atoms with E-state index in [1.807, 2.05) is 0 Å². The van der Waals surface area contributed by atoms with Crippen molar-refractivity contribution in [2.24, 2.45) is 0 Å². The van der Waals surface area contributed by atoms with Gasteiger partial charge in [-0.1, -0.05) is 18.2 Å². The number of nitro groups is 1. The average molecular weight is 245 g/mol. The number of hydrogen-bond donors (Lipinski definition) is 0. The first kappa shape index (κ1) is 12.6. The second-order valence-corrected chi connectivity index (χ2v) is 4.63. The number of hydrogen-bond acceptors (Lipinski definition) is 5. The second-order valence-electron chi connectivity index (χ2n) is 2.99. The normalized spacial score (nSPS) is 11.3. The Labute approximate surface area is 93.1 Å². The Hall–Kier alpha value is -1.47. The number of benzene rings is 1. The fourth-order valence-corrected chi connectivity index (χ4v) is 2.29. The monoisotopic (exact) mass is 245 g/mol. The number of rotatable bonds is 5. The number of nitrogens with zero attached hydrogens (tertiary/aromatic N) is 1. The Morgan fingerprint density at radius 1 is 1.38 bits per heavy atom. The third-order valence-corrected chi connectivity index (χ3v) is 3.08. The maximum Gasteiger partial charge on any atom is 0.273 e. The first-order valence-electron chi connectivity index (χ1n) is 4.55. The molecule has 1 aromatic rings. The average Bonchev–Trinajstić information content (AvgIpc) is 2.17. The zero-order chi connectivity index (χ0) is 12.2. The van der Waals surface area contributed by atoms with Gasteiger partial charge in [0, 0.05) is 11.6 Å². The molecule has 0 aromatic heterocycles. The highest BCUT2D eigenvalue weighted by atomic mass is 32.2. The summed E-state index contributed by atoms with van der Waals surface area (Å²) in [7, 11) is -3.75. The molecule has 0 bridgehead atoms. The van der Waals surface area contributed by atoms with Gasteiger partial charge in [0.2, 0.25) is 0 Å². The van der Waals surface area contributed by atoms with Crippen molar-refractivity contribution >= 4 is 15.8 Å². The molecule has 0 atom stereocenters. The zero-order valence-corrected chi connectivity index (χ0v) is 9.44. The Morgan fingerprint density at radius 3 is 2.56 bits per heavy atom. The Balaban J connectivity index is 3.02. The van der Waals surface area contributed by atoms with Crippen LogP contribution in [0, 0.1) is 10.1 Å². The van der Waals surface area contributed by atoms with Crippen LogP contribution < -0.4 is 0 Å². The van der Waals surface area contributed by atoms with E-state index in [0.29, 0.717) is 0 Å². The van der Waals surface area contributed by atoms with Crippen LogP contribution in [0.2, 0.25) is 0 Å². The summed E-state index contributed by atoms with van der Waals surface area (Å²) in [5, 5.41) is 10.6. The van der Waals surface area contributed by atoms with Crippen molar-refractivity contribution in [3.8, 4) is 0 Å². The molecular weight excluding hydrogens is 234 g/mol. The fraction of sp³-hybridized carbons (Fsp3) is 0.333. The fourth-order valence-electron chi connectivity index (χ4n) is 1.22. The van der Waals surface area contributed by atoms with Crippen molar-refractivity contribution in [3.63, 3.8) is 0 Å². The van der Waals surface area contributed by atoms with E-state index in [9.17, 15) is 18.5 Å². The molecule has 1 rings (SSSR count). The minimum Gasteiger partial charge on any atom is -0.270 e. The van der Waals surface area contributed by atoms with E-state index < -0.39 is 20.8 Å². The third kappa shape index (κ3) is 3.28. The smallest absolute Gasteiger partial charge is 0.270 e. The molecule has 7 heteroatoms. The Kier molecular flexibility index (Phi) is 3.97. The van der Waals surface area contributed by atoms with Crippen molar-refractivity contribution < 1.29 is 17.5 Å². The molecule has 0 radical (unpaired) electrons. The summed E-state index contributed by atoms with van der Waals surface area (Å²) >= 11 is 0. The van der Waals surface area contributed by atoms with Crippen LogP contribution in [-0.4, -0.2) is 19.9 Å². The van der Waals surface area contributed by atoms with Crippen LogP contribution in [0.3, 0.4) is 0 Å². The molecule has 16 heavy (non-hydrogen) atoms. The topological polar surface area (TPSA) is 86.5 Å². The SMILES string of the molecule is CCOS(=O)(=O)Cc1ccccc1[N+](=O)[O-]. The molecule has 1 aromatic carbocycles. The predicted molar refractivity (Wildman–Crippen MR) is 57.3 cm³/mol. The molecule has 0 saturated carbocycles. The lowest BCUT2D eigenvalue weighted by atomic mass is 10.2. The quantitative estimate of drug-likeness (QED) is 0.445. The van der Waals surface area contributed by atoms with E-state index in [4.69, 9.17) is 0 Å². The van der Waals surface area contributed by atoms with Gasteiger partial charge in [-0.25, -0.2) is 0 Å². The molecule has 0 aliphatic heterocycles. The molecule has 0 heterocycles. The minimum atomic E-state index is -3.75. The van der Waals surface area contributed by atoms with Gasteiger partial charge in [0.25, 0.3) is 15.8 Å². The van der Waals surface area contributed by atoms with Crippen LogP contribution in [0.5, 0.6) is 0 Å². The summed E-state index contributed by atoms with van der Waals surface area (Å²) in [6.45, 7) is 1.56. The molecular formula is C9H11NO5S.